The van der Waals surface area contributed by atoms with Crippen LogP contribution in [0.25, 0.3) is 5.78 Å². The summed E-state index contributed by atoms with van der Waals surface area (Å²) in [4.78, 5) is 20.0. The van der Waals surface area contributed by atoms with Gasteiger partial charge < -0.3 is 0 Å². The SMILES string of the molecule is O=C1C[C@@H](c2ccc(Cl)cc2)Cc2nc3nc(C(F)(F)F)nn3cc21. The molecular formula is C16H10ClF3N4O. The van der Waals surface area contributed by atoms with Crippen LogP contribution < -0.4 is 0 Å². The molecule has 9 heteroatoms. The molecule has 25 heavy (non-hydrogen) atoms. The van der Waals surface area contributed by atoms with Crippen LogP contribution in [0.4, 0.5) is 13.2 Å². The molecule has 0 amide bonds. The fourth-order valence-electron chi connectivity index (χ4n) is 2.97. The lowest BCUT2D eigenvalue weighted by Crippen LogP contribution is -2.21. The molecule has 4 rings (SSSR count). The van der Waals surface area contributed by atoms with E-state index in [-0.39, 0.29) is 29.5 Å². The van der Waals surface area contributed by atoms with Crippen molar-refractivity contribution in [1.29, 1.82) is 0 Å². The van der Waals surface area contributed by atoms with Crippen LogP contribution in [-0.2, 0) is 12.6 Å². The van der Waals surface area contributed by atoms with Crippen LogP contribution in [0, 0.1) is 0 Å². The van der Waals surface area contributed by atoms with E-state index < -0.39 is 12.0 Å². The van der Waals surface area contributed by atoms with Crippen molar-refractivity contribution in [2.45, 2.75) is 24.9 Å². The summed E-state index contributed by atoms with van der Waals surface area (Å²) in [6, 6.07) is 7.15. The number of rotatable bonds is 1. The third kappa shape index (κ3) is 2.86. The second-order valence-corrected chi connectivity index (χ2v) is 6.30. The van der Waals surface area contributed by atoms with Crippen molar-refractivity contribution < 1.29 is 18.0 Å². The molecule has 0 radical (unpaired) electrons. The highest BCUT2D eigenvalue weighted by atomic mass is 35.5. The molecule has 0 fully saturated rings. The number of aromatic nitrogens is 4. The quantitative estimate of drug-likeness (QED) is 0.658. The maximum absolute atomic E-state index is 12.8. The summed E-state index contributed by atoms with van der Waals surface area (Å²) in [6.07, 6.45) is -2.69. The Labute approximate surface area is 144 Å². The highest BCUT2D eigenvalue weighted by Crippen LogP contribution is 2.33. The van der Waals surface area contributed by atoms with E-state index in [4.69, 9.17) is 11.6 Å². The van der Waals surface area contributed by atoms with E-state index in [1.54, 1.807) is 12.1 Å². The largest absolute Gasteiger partial charge is 0.453 e. The Morgan fingerprint density at radius 2 is 1.84 bits per heavy atom. The molecule has 2 heterocycles. The van der Waals surface area contributed by atoms with E-state index in [9.17, 15) is 18.0 Å². The molecular weight excluding hydrogens is 357 g/mol. The maximum Gasteiger partial charge on any atom is 0.453 e. The lowest BCUT2D eigenvalue weighted by atomic mass is 9.82. The molecule has 0 saturated heterocycles. The van der Waals surface area contributed by atoms with E-state index in [0.717, 1.165) is 10.1 Å². The van der Waals surface area contributed by atoms with Crippen molar-refractivity contribution in [2.75, 3.05) is 0 Å². The Morgan fingerprint density at radius 3 is 2.52 bits per heavy atom. The number of nitrogens with zero attached hydrogens (tertiary/aromatic N) is 4. The molecule has 0 bridgehead atoms. The van der Waals surface area contributed by atoms with Gasteiger partial charge in [0.05, 0.1) is 11.3 Å². The molecule has 0 unspecified atom stereocenters. The van der Waals surface area contributed by atoms with Crippen molar-refractivity contribution in [3.05, 3.63) is 58.1 Å². The lowest BCUT2D eigenvalue weighted by molar-refractivity contribution is -0.144. The van der Waals surface area contributed by atoms with Gasteiger partial charge in [-0.3, -0.25) is 4.79 Å². The van der Waals surface area contributed by atoms with Crippen molar-refractivity contribution in [2.24, 2.45) is 0 Å². The first-order chi connectivity index (χ1) is 11.8. The third-order valence-corrected chi connectivity index (χ3v) is 4.43. The number of Topliss-reactive ketones (excluding diaryl/α,β-unsaturated/α-hetero) is 1. The number of carbonyl (C=O) groups is 1. The van der Waals surface area contributed by atoms with Crippen molar-refractivity contribution >= 4 is 23.2 Å². The summed E-state index contributed by atoms with van der Waals surface area (Å²) in [7, 11) is 0. The first-order valence-corrected chi connectivity index (χ1v) is 7.81. The van der Waals surface area contributed by atoms with Gasteiger partial charge in [0.2, 0.25) is 0 Å². The summed E-state index contributed by atoms with van der Waals surface area (Å²) in [5, 5.41) is 3.96. The number of hydrogen-bond acceptors (Lipinski definition) is 4. The molecule has 3 aromatic rings. The Morgan fingerprint density at radius 1 is 1.12 bits per heavy atom. The number of benzene rings is 1. The monoisotopic (exact) mass is 366 g/mol. The normalized spacial score (nSPS) is 17.8. The van der Waals surface area contributed by atoms with Crippen LogP contribution in [0.5, 0.6) is 0 Å². The molecule has 0 saturated carbocycles. The molecule has 1 atom stereocenters. The Kier molecular flexibility index (Phi) is 3.54. The molecule has 0 spiro atoms. The van der Waals surface area contributed by atoms with E-state index in [1.165, 1.54) is 6.20 Å². The zero-order valence-electron chi connectivity index (χ0n) is 12.6. The average molecular weight is 367 g/mol. The summed E-state index contributed by atoms with van der Waals surface area (Å²) in [6.45, 7) is 0. The first kappa shape index (κ1) is 16.0. The summed E-state index contributed by atoms with van der Waals surface area (Å²) < 4.78 is 39.2. The minimum Gasteiger partial charge on any atom is -0.294 e. The fourth-order valence-corrected chi connectivity index (χ4v) is 3.10. The second kappa shape index (κ2) is 5.52. The van der Waals surface area contributed by atoms with Gasteiger partial charge >= 0.3 is 6.18 Å². The Balaban J connectivity index is 1.75. The van der Waals surface area contributed by atoms with Crippen LogP contribution in [0.1, 0.15) is 39.8 Å². The van der Waals surface area contributed by atoms with Gasteiger partial charge in [0.1, 0.15) is 0 Å². The zero-order valence-corrected chi connectivity index (χ0v) is 13.3. The van der Waals surface area contributed by atoms with Gasteiger partial charge in [0.25, 0.3) is 11.6 Å². The van der Waals surface area contributed by atoms with Gasteiger partial charge in [0, 0.05) is 17.6 Å². The minimum absolute atomic E-state index is 0.0998. The lowest BCUT2D eigenvalue weighted by Gasteiger charge is -2.23. The summed E-state index contributed by atoms with van der Waals surface area (Å²) in [5.74, 6) is -1.73. The number of carbonyl (C=O) groups excluding carboxylic acids is 1. The van der Waals surface area contributed by atoms with Crippen molar-refractivity contribution in [3.8, 4) is 0 Å². The first-order valence-electron chi connectivity index (χ1n) is 7.43. The van der Waals surface area contributed by atoms with E-state index in [2.05, 4.69) is 15.1 Å². The predicted molar refractivity (Wildman–Crippen MR) is 82.6 cm³/mol. The van der Waals surface area contributed by atoms with E-state index >= 15 is 0 Å². The summed E-state index contributed by atoms with van der Waals surface area (Å²) in [5.41, 5.74) is 1.66. The van der Waals surface area contributed by atoms with Gasteiger partial charge in [-0.2, -0.15) is 18.2 Å². The Bertz CT molecular complexity index is 981. The zero-order chi connectivity index (χ0) is 17.8. The number of fused-ring (bicyclic) bond motifs is 2. The van der Waals surface area contributed by atoms with Crippen molar-refractivity contribution in [1.82, 2.24) is 19.6 Å². The van der Waals surface area contributed by atoms with E-state index in [1.807, 2.05) is 12.1 Å². The van der Waals surface area contributed by atoms with Crippen LogP contribution in [0.15, 0.2) is 30.5 Å². The Hall–Kier alpha value is -2.48. The maximum atomic E-state index is 12.8. The minimum atomic E-state index is -4.66. The van der Waals surface area contributed by atoms with Gasteiger partial charge in [-0.25, -0.2) is 9.50 Å². The van der Waals surface area contributed by atoms with E-state index in [0.29, 0.717) is 17.1 Å². The number of hydrogen-bond donors (Lipinski definition) is 0. The second-order valence-electron chi connectivity index (χ2n) is 5.86. The number of alkyl halides is 3. The molecule has 5 nitrogen and oxygen atoms in total. The molecule has 1 aliphatic carbocycles. The topological polar surface area (TPSA) is 60.2 Å². The summed E-state index contributed by atoms with van der Waals surface area (Å²) >= 11 is 5.88. The third-order valence-electron chi connectivity index (χ3n) is 4.18. The van der Waals surface area contributed by atoms with Crippen LogP contribution in [0.3, 0.4) is 0 Å². The van der Waals surface area contributed by atoms with Crippen LogP contribution in [-0.4, -0.2) is 25.4 Å². The number of halogens is 4. The molecule has 1 aromatic carbocycles. The highest BCUT2D eigenvalue weighted by molar-refractivity contribution is 6.30. The molecule has 1 aliphatic rings. The number of ketones is 1. The highest BCUT2D eigenvalue weighted by Gasteiger charge is 2.37. The molecule has 2 aromatic heterocycles. The fraction of sp³-hybridized carbons (Fsp3) is 0.250. The van der Waals surface area contributed by atoms with Crippen molar-refractivity contribution in [3.63, 3.8) is 0 Å². The average Bonchev–Trinajstić information content (AvgIpc) is 2.97. The van der Waals surface area contributed by atoms with Gasteiger partial charge in [-0.1, -0.05) is 23.7 Å². The molecule has 128 valence electrons. The predicted octanol–water partition coefficient (Wildman–Crippen LogP) is 3.71. The van der Waals surface area contributed by atoms with Gasteiger partial charge in [-0.15, -0.1) is 5.10 Å². The molecule has 0 N–H and O–H groups in total. The van der Waals surface area contributed by atoms with Crippen LogP contribution in [0.2, 0.25) is 5.02 Å². The van der Waals surface area contributed by atoms with Gasteiger partial charge in [0.15, 0.2) is 5.78 Å². The van der Waals surface area contributed by atoms with Crippen LogP contribution >= 0.6 is 11.6 Å². The van der Waals surface area contributed by atoms with Gasteiger partial charge in [-0.05, 0) is 30.0 Å². The molecule has 0 aliphatic heterocycles. The standard InChI is InChI=1S/C16H10ClF3N4O/c17-10-3-1-8(2-4-10)9-5-12-11(13(25)6-9)7-24-15(21-12)22-14(23-24)16(18,19)20/h1-4,7,9H,5-6H2/t9-/m0/s1. The smallest absolute Gasteiger partial charge is 0.294 e.